The normalized spacial score (nSPS) is 11.4. The van der Waals surface area contributed by atoms with Crippen molar-refractivity contribution in [3.05, 3.63) is 58.6 Å². The lowest BCUT2D eigenvalue weighted by molar-refractivity contribution is -0.112. The second-order valence-electron chi connectivity index (χ2n) is 4.27. The highest BCUT2D eigenvalue weighted by molar-refractivity contribution is 7.15. The number of carbonyl (C=O) groups excluding carboxylic acids is 1. The molecule has 6 heteroatoms. The molecule has 5 nitrogen and oxygen atoms in total. The summed E-state index contributed by atoms with van der Waals surface area (Å²) in [7, 11) is 0. The maximum Gasteiger partial charge on any atom is 0.268 e. The number of hydrogen-bond donors (Lipinski definition) is 1. The topological polar surface area (TPSA) is 78.7 Å². The molecular formula is C16H14N4OS. The van der Waals surface area contributed by atoms with Crippen LogP contribution in [0.3, 0.4) is 0 Å². The molecule has 0 fully saturated rings. The predicted octanol–water partition coefficient (Wildman–Crippen LogP) is 3.20. The third kappa shape index (κ3) is 4.36. The van der Waals surface area contributed by atoms with Gasteiger partial charge in [0.1, 0.15) is 16.6 Å². The van der Waals surface area contributed by atoms with Crippen LogP contribution in [0.2, 0.25) is 0 Å². The van der Waals surface area contributed by atoms with Gasteiger partial charge in [-0.05, 0) is 18.1 Å². The van der Waals surface area contributed by atoms with Crippen LogP contribution in [0.15, 0.2) is 48.1 Å². The largest absolute Gasteiger partial charge is 0.296 e. The lowest BCUT2D eigenvalue weighted by Crippen LogP contribution is -2.13. The zero-order chi connectivity index (χ0) is 15.8. The van der Waals surface area contributed by atoms with Crippen molar-refractivity contribution in [1.82, 2.24) is 10.2 Å². The Balaban J connectivity index is 2.04. The Morgan fingerprint density at radius 1 is 1.36 bits per heavy atom. The fourth-order valence-electron chi connectivity index (χ4n) is 1.59. The minimum absolute atomic E-state index is 0.0143. The molecule has 0 saturated heterocycles. The molecule has 1 aromatic heterocycles. The van der Waals surface area contributed by atoms with Crippen LogP contribution >= 0.6 is 11.3 Å². The summed E-state index contributed by atoms with van der Waals surface area (Å²) >= 11 is 1.30. The van der Waals surface area contributed by atoms with E-state index in [4.69, 9.17) is 5.26 Å². The molecule has 0 atom stereocenters. The molecule has 0 aliphatic rings. The summed E-state index contributed by atoms with van der Waals surface area (Å²) in [5, 5.41) is 20.7. The van der Waals surface area contributed by atoms with Crippen LogP contribution in [-0.2, 0) is 11.2 Å². The SMILES string of the molecule is CCc1nnc(NC(=O)C(C#N)=CC=Cc2ccccc2)s1. The number of rotatable bonds is 5. The van der Waals surface area contributed by atoms with Crippen LogP contribution in [0.25, 0.3) is 6.08 Å². The standard InChI is InChI=1S/C16H14N4OS/c1-2-14-19-20-16(22-14)18-15(21)13(11-17)10-6-9-12-7-4-3-5-8-12/h3-10H,2H2,1H3,(H,18,20,21). The van der Waals surface area contributed by atoms with Crippen molar-refractivity contribution in [2.45, 2.75) is 13.3 Å². The van der Waals surface area contributed by atoms with Gasteiger partial charge in [0.05, 0.1) is 0 Å². The lowest BCUT2D eigenvalue weighted by atomic mass is 10.2. The Morgan fingerprint density at radius 2 is 2.14 bits per heavy atom. The van der Waals surface area contributed by atoms with E-state index >= 15 is 0 Å². The number of anilines is 1. The second kappa shape index (κ2) is 7.86. The van der Waals surface area contributed by atoms with Crippen molar-refractivity contribution in [2.24, 2.45) is 0 Å². The Hall–Kier alpha value is -2.78. The maximum absolute atomic E-state index is 12.0. The van der Waals surface area contributed by atoms with Crippen molar-refractivity contribution < 1.29 is 4.79 Å². The van der Waals surface area contributed by atoms with Gasteiger partial charge in [-0.1, -0.05) is 60.7 Å². The minimum Gasteiger partial charge on any atom is -0.296 e. The number of carbonyl (C=O) groups is 1. The predicted molar refractivity (Wildman–Crippen MR) is 87.1 cm³/mol. The average Bonchev–Trinajstić information content (AvgIpc) is 3.00. The van der Waals surface area contributed by atoms with Crippen molar-refractivity contribution in [2.75, 3.05) is 5.32 Å². The smallest absolute Gasteiger partial charge is 0.268 e. The van der Waals surface area contributed by atoms with Crippen LogP contribution in [0.1, 0.15) is 17.5 Å². The number of nitriles is 1. The number of nitrogens with zero attached hydrogens (tertiary/aromatic N) is 3. The van der Waals surface area contributed by atoms with E-state index in [9.17, 15) is 4.79 Å². The van der Waals surface area contributed by atoms with E-state index in [2.05, 4.69) is 15.5 Å². The van der Waals surface area contributed by atoms with Crippen LogP contribution in [0.5, 0.6) is 0 Å². The molecule has 2 aromatic rings. The van der Waals surface area contributed by atoms with E-state index in [1.165, 1.54) is 17.4 Å². The zero-order valence-corrected chi connectivity index (χ0v) is 12.8. The van der Waals surface area contributed by atoms with E-state index in [-0.39, 0.29) is 5.57 Å². The van der Waals surface area contributed by atoms with E-state index in [1.54, 1.807) is 6.08 Å². The average molecular weight is 310 g/mol. The molecule has 0 aliphatic heterocycles. The molecule has 1 heterocycles. The first-order valence-corrected chi connectivity index (χ1v) is 7.52. The monoisotopic (exact) mass is 310 g/mol. The van der Waals surface area contributed by atoms with E-state index in [1.807, 2.05) is 49.4 Å². The van der Waals surface area contributed by atoms with Crippen molar-refractivity contribution >= 4 is 28.5 Å². The van der Waals surface area contributed by atoms with Crippen molar-refractivity contribution in [3.8, 4) is 6.07 Å². The number of allylic oxidation sites excluding steroid dienone is 2. The number of amides is 1. The highest BCUT2D eigenvalue weighted by Gasteiger charge is 2.11. The Labute approximate surface area is 132 Å². The third-order valence-corrected chi connectivity index (χ3v) is 3.69. The number of nitrogens with one attached hydrogen (secondary N) is 1. The highest BCUT2D eigenvalue weighted by atomic mass is 32.1. The van der Waals surface area contributed by atoms with Gasteiger partial charge in [0, 0.05) is 0 Å². The number of aryl methyl sites for hydroxylation is 1. The molecule has 0 spiro atoms. The van der Waals surface area contributed by atoms with Crippen LogP contribution in [-0.4, -0.2) is 16.1 Å². The van der Waals surface area contributed by atoms with Crippen molar-refractivity contribution in [3.63, 3.8) is 0 Å². The Kier molecular flexibility index (Phi) is 5.57. The molecule has 0 aliphatic carbocycles. The summed E-state index contributed by atoms with van der Waals surface area (Å²) in [5.41, 5.74) is 1.01. The summed E-state index contributed by atoms with van der Waals surface area (Å²) in [6, 6.07) is 11.5. The molecule has 1 N–H and O–H groups in total. The lowest BCUT2D eigenvalue weighted by Gasteiger charge is -1.97. The summed E-state index contributed by atoms with van der Waals surface area (Å²) in [6.07, 6.45) is 5.73. The second-order valence-corrected chi connectivity index (χ2v) is 5.33. The van der Waals surface area contributed by atoms with Gasteiger partial charge in [-0.15, -0.1) is 10.2 Å². The van der Waals surface area contributed by atoms with Gasteiger partial charge in [0.25, 0.3) is 5.91 Å². The fourth-order valence-corrected chi connectivity index (χ4v) is 2.27. The van der Waals surface area contributed by atoms with Crippen LogP contribution in [0, 0.1) is 11.3 Å². The van der Waals surface area contributed by atoms with Crippen molar-refractivity contribution in [1.29, 1.82) is 5.26 Å². The van der Waals surface area contributed by atoms with Crippen LogP contribution < -0.4 is 5.32 Å². The number of hydrogen-bond acceptors (Lipinski definition) is 5. The molecule has 1 amide bonds. The van der Waals surface area contributed by atoms with Gasteiger partial charge in [-0.25, -0.2) is 0 Å². The molecule has 2 rings (SSSR count). The van der Waals surface area contributed by atoms with Gasteiger partial charge in [0.15, 0.2) is 0 Å². The first-order chi connectivity index (χ1) is 10.7. The molecule has 0 saturated carbocycles. The summed E-state index contributed by atoms with van der Waals surface area (Å²) < 4.78 is 0. The summed E-state index contributed by atoms with van der Waals surface area (Å²) in [6.45, 7) is 1.96. The van der Waals surface area contributed by atoms with Gasteiger partial charge in [-0.3, -0.25) is 10.1 Å². The van der Waals surface area contributed by atoms with E-state index < -0.39 is 5.91 Å². The summed E-state index contributed by atoms with van der Waals surface area (Å²) in [5.74, 6) is -0.487. The molecule has 0 radical (unpaired) electrons. The number of aromatic nitrogens is 2. The van der Waals surface area contributed by atoms with Gasteiger partial charge in [-0.2, -0.15) is 5.26 Å². The fraction of sp³-hybridized carbons (Fsp3) is 0.125. The molecular weight excluding hydrogens is 296 g/mol. The molecule has 22 heavy (non-hydrogen) atoms. The van der Waals surface area contributed by atoms with Gasteiger partial charge in [0.2, 0.25) is 5.13 Å². The Bertz CT molecular complexity index is 741. The van der Waals surface area contributed by atoms with E-state index in [0.29, 0.717) is 5.13 Å². The molecule has 110 valence electrons. The third-order valence-electron chi connectivity index (χ3n) is 2.71. The quantitative estimate of drug-likeness (QED) is 0.522. The van der Waals surface area contributed by atoms with E-state index in [0.717, 1.165) is 17.0 Å². The molecule has 0 unspecified atom stereocenters. The highest BCUT2D eigenvalue weighted by Crippen LogP contribution is 2.16. The van der Waals surface area contributed by atoms with Crippen LogP contribution in [0.4, 0.5) is 5.13 Å². The minimum atomic E-state index is -0.487. The number of benzene rings is 1. The zero-order valence-electron chi connectivity index (χ0n) is 12.0. The maximum atomic E-state index is 12.0. The Morgan fingerprint density at radius 3 is 2.77 bits per heavy atom. The van der Waals surface area contributed by atoms with Gasteiger partial charge >= 0.3 is 0 Å². The van der Waals surface area contributed by atoms with Gasteiger partial charge < -0.3 is 0 Å². The first kappa shape index (κ1) is 15.6. The molecule has 1 aromatic carbocycles. The molecule has 0 bridgehead atoms. The first-order valence-electron chi connectivity index (χ1n) is 6.70. The summed E-state index contributed by atoms with van der Waals surface area (Å²) in [4.78, 5) is 12.0.